The second-order valence-electron chi connectivity index (χ2n) is 5.35. The van der Waals surface area contributed by atoms with Crippen molar-refractivity contribution in [1.29, 1.82) is 0 Å². The minimum atomic E-state index is -3.39. The average Bonchev–Trinajstić information content (AvgIpc) is 2.45. The molecular formula is C15H25NO3S. The predicted octanol–water partition coefficient (Wildman–Crippen LogP) is 2.26. The minimum absolute atomic E-state index is 0.0283. The Morgan fingerprint density at radius 2 is 1.75 bits per heavy atom. The Hall–Kier alpha value is -0.910. The third-order valence-corrected chi connectivity index (χ3v) is 5.30. The number of rotatable bonds is 8. The van der Waals surface area contributed by atoms with Gasteiger partial charge in [-0.1, -0.05) is 51.1 Å². The Morgan fingerprint density at radius 1 is 1.20 bits per heavy atom. The van der Waals surface area contributed by atoms with Crippen LogP contribution >= 0.6 is 0 Å². The molecule has 0 amide bonds. The van der Waals surface area contributed by atoms with Crippen LogP contribution in [0.15, 0.2) is 30.3 Å². The van der Waals surface area contributed by atoms with Crippen molar-refractivity contribution in [3.63, 3.8) is 0 Å². The first-order valence-corrected chi connectivity index (χ1v) is 8.72. The number of aliphatic hydroxyl groups is 1. The molecular weight excluding hydrogens is 274 g/mol. The van der Waals surface area contributed by atoms with Crippen molar-refractivity contribution in [2.75, 3.05) is 12.3 Å². The number of benzene rings is 1. The van der Waals surface area contributed by atoms with Crippen LogP contribution in [-0.4, -0.2) is 31.4 Å². The van der Waals surface area contributed by atoms with Gasteiger partial charge in [-0.15, -0.1) is 0 Å². The van der Waals surface area contributed by atoms with Crippen LogP contribution in [0.2, 0.25) is 0 Å². The third kappa shape index (κ3) is 5.23. The van der Waals surface area contributed by atoms with Crippen LogP contribution in [0.1, 0.15) is 45.1 Å². The fourth-order valence-electron chi connectivity index (χ4n) is 2.01. The van der Waals surface area contributed by atoms with Gasteiger partial charge in [0.15, 0.2) is 0 Å². The summed E-state index contributed by atoms with van der Waals surface area (Å²) in [5.41, 5.74) is 0.0439. The summed E-state index contributed by atoms with van der Waals surface area (Å²) in [6.07, 6.45) is 1.06. The van der Waals surface area contributed by atoms with E-state index in [0.717, 1.165) is 5.56 Å². The molecule has 0 spiro atoms. The Kier molecular flexibility index (Phi) is 6.17. The number of hydrogen-bond acceptors (Lipinski definition) is 3. The van der Waals surface area contributed by atoms with E-state index in [1.807, 2.05) is 51.1 Å². The zero-order chi connectivity index (χ0) is 15.2. The SMILES string of the molecule is CCC(O)(CC)CNS(=O)(=O)CC(C)c1ccccc1. The molecule has 1 aromatic carbocycles. The highest BCUT2D eigenvalue weighted by Crippen LogP contribution is 2.17. The molecule has 5 heteroatoms. The van der Waals surface area contributed by atoms with Crippen LogP contribution in [0.25, 0.3) is 0 Å². The summed E-state index contributed by atoms with van der Waals surface area (Å²) in [4.78, 5) is 0. The Morgan fingerprint density at radius 3 is 2.25 bits per heavy atom. The number of hydrogen-bond donors (Lipinski definition) is 2. The first-order valence-electron chi connectivity index (χ1n) is 7.06. The fraction of sp³-hybridized carbons (Fsp3) is 0.600. The maximum Gasteiger partial charge on any atom is 0.212 e. The fourth-order valence-corrected chi connectivity index (χ4v) is 3.47. The molecule has 0 heterocycles. The molecule has 1 atom stereocenters. The lowest BCUT2D eigenvalue weighted by atomic mass is 9.98. The van der Waals surface area contributed by atoms with Crippen molar-refractivity contribution in [1.82, 2.24) is 4.72 Å². The molecule has 0 aromatic heterocycles. The molecule has 0 fully saturated rings. The van der Waals surface area contributed by atoms with Crippen LogP contribution in [0.3, 0.4) is 0 Å². The van der Waals surface area contributed by atoms with E-state index in [1.54, 1.807) is 0 Å². The zero-order valence-electron chi connectivity index (χ0n) is 12.5. The second kappa shape index (κ2) is 7.20. The molecule has 114 valence electrons. The van der Waals surface area contributed by atoms with Gasteiger partial charge in [-0.25, -0.2) is 13.1 Å². The maximum atomic E-state index is 12.1. The standard InChI is InChI=1S/C15H25NO3S/c1-4-15(17,5-2)12-16-20(18,19)11-13(3)14-9-7-6-8-10-14/h6-10,13,16-17H,4-5,11-12H2,1-3H3. The highest BCUT2D eigenvalue weighted by molar-refractivity contribution is 7.89. The monoisotopic (exact) mass is 299 g/mol. The Balaban J connectivity index is 2.62. The minimum Gasteiger partial charge on any atom is -0.389 e. The van der Waals surface area contributed by atoms with E-state index in [4.69, 9.17) is 0 Å². The van der Waals surface area contributed by atoms with E-state index in [1.165, 1.54) is 0 Å². The summed E-state index contributed by atoms with van der Waals surface area (Å²) >= 11 is 0. The van der Waals surface area contributed by atoms with Crippen LogP contribution in [0, 0.1) is 0 Å². The van der Waals surface area contributed by atoms with Crippen molar-refractivity contribution < 1.29 is 13.5 Å². The lowest BCUT2D eigenvalue weighted by Crippen LogP contribution is -2.43. The Labute approximate surface area is 122 Å². The smallest absolute Gasteiger partial charge is 0.212 e. The van der Waals surface area contributed by atoms with Gasteiger partial charge >= 0.3 is 0 Å². The summed E-state index contributed by atoms with van der Waals surface area (Å²) in [5, 5.41) is 10.1. The summed E-state index contributed by atoms with van der Waals surface area (Å²) < 4.78 is 26.7. The van der Waals surface area contributed by atoms with Gasteiger partial charge in [0.25, 0.3) is 0 Å². The van der Waals surface area contributed by atoms with Gasteiger partial charge in [0.1, 0.15) is 0 Å². The molecule has 0 saturated carbocycles. The largest absolute Gasteiger partial charge is 0.389 e. The van der Waals surface area contributed by atoms with Crippen molar-refractivity contribution >= 4 is 10.0 Å². The number of nitrogens with one attached hydrogen (secondary N) is 1. The average molecular weight is 299 g/mol. The normalized spacial score (nSPS) is 14.2. The van der Waals surface area contributed by atoms with Gasteiger partial charge in [0.2, 0.25) is 10.0 Å². The Bertz CT molecular complexity index is 495. The van der Waals surface area contributed by atoms with Crippen molar-refractivity contribution in [3.8, 4) is 0 Å². The van der Waals surface area contributed by atoms with Crippen LogP contribution in [-0.2, 0) is 10.0 Å². The highest BCUT2D eigenvalue weighted by Gasteiger charge is 2.25. The molecule has 0 aliphatic heterocycles. The third-order valence-electron chi connectivity index (χ3n) is 3.78. The molecule has 0 aliphatic rings. The topological polar surface area (TPSA) is 66.4 Å². The summed E-state index contributed by atoms with van der Waals surface area (Å²) in [5.74, 6) is -0.0504. The van der Waals surface area contributed by atoms with E-state index >= 15 is 0 Å². The van der Waals surface area contributed by atoms with E-state index in [-0.39, 0.29) is 18.2 Å². The molecule has 0 saturated heterocycles. The predicted molar refractivity (Wildman–Crippen MR) is 82.2 cm³/mol. The second-order valence-corrected chi connectivity index (χ2v) is 7.20. The van der Waals surface area contributed by atoms with Gasteiger partial charge in [-0.05, 0) is 24.3 Å². The summed E-state index contributed by atoms with van der Waals surface area (Å²) in [7, 11) is -3.39. The molecule has 1 unspecified atom stereocenters. The first kappa shape index (κ1) is 17.1. The van der Waals surface area contributed by atoms with Gasteiger partial charge < -0.3 is 5.11 Å². The lowest BCUT2D eigenvalue weighted by molar-refractivity contribution is 0.0377. The quantitative estimate of drug-likeness (QED) is 0.774. The molecule has 20 heavy (non-hydrogen) atoms. The maximum absolute atomic E-state index is 12.1. The van der Waals surface area contributed by atoms with Gasteiger partial charge in [-0.2, -0.15) is 0 Å². The number of sulfonamides is 1. The molecule has 1 rings (SSSR count). The summed E-state index contributed by atoms with van der Waals surface area (Å²) in [6, 6.07) is 9.56. The van der Waals surface area contributed by atoms with Crippen LogP contribution < -0.4 is 4.72 Å². The van der Waals surface area contributed by atoms with Crippen LogP contribution in [0.5, 0.6) is 0 Å². The molecule has 4 nitrogen and oxygen atoms in total. The molecule has 0 bridgehead atoms. The lowest BCUT2D eigenvalue weighted by Gasteiger charge is -2.25. The van der Waals surface area contributed by atoms with Gasteiger partial charge in [0.05, 0.1) is 11.4 Å². The van der Waals surface area contributed by atoms with E-state index < -0.39 is 15.6 Å². The molecule has 0 radical (unpaired) electrons. The van der Waals surface area contributed by atoms with E-state index in [9.17, 15) is 13.5 Å². The van der Waals surface area contributed by atoms with Gasteiger partial charge in [-0.3, -0.25) is 0 Å². The highest BCUT2D eigenvalue weighted by atomic mass is 32.2. The van der Waals surface area contributed by atoms with Gasteiger partial charge in [0, 0.05) is 6.54 Å². The van der Waals surface area contributed by atoms with Crippen molar-refractivity contribution in [3.05, 3.63) is 35.9 Å². The van der Waals surface area contributed by atoms with Crippen molar-refractivity contribution in [2.24, 2.45) is 0 Å². The molecule has 0 aliphatic carbocycles. The molecule has 2 N–H and O–H groups in total. The zero-order valence-corrected chi connectivity index (χ0v) is 13.3. The van der Waals surface area contributed by atoms with Crippen LogP contribution in [0.4, 0.5) is 0 Å². The molecule has 1 aromatic rings. The summed E-state index contributed by atoms with van der Waals surface area (Å²) in [6.45, 7) is 5.67. The van der Waals surface area contributed by atoms with E-state index in [0.29, 0.717) is 12.8 Å². The first-order chi connectivity index (χ1) is 9.32. The van der Waals surface area contributed by atoms with Crippen molar-refractivity contribution in [2.45, 2.75) is 45.1 Å². The van der Waals surface area contributed by atoms with E-state index in [2.05, 4.69) is 4.72 Å².